The van der Waals surface area contributed by atoms with E-state index in [2.05, 4.69) is 70.4 Å². The minimum atomic E-state index is 0.273. The molecule has 0 amide bonds. The molecule has 0 radical (unpaired) electrons. The summed E-state index contributed by atoms with van der Waals surface area (Å²) in [7, 11) is 0. The van der Waals surface area contributed by atoms with Crippen LogP contribution in [0.15, 0.2) is 47.1 Å². The first-order valence-corrected chi connectivity index (χ1v) is 9.89. The number of aliphatic imine (C=N–C) groups is 1. The van der Waals surface area contributed by atoms with Crippen molar-refractivity contribution in [3.05, 3.63) is 58.8 Å². The molecule has 0 bridgehead atoms. The monoisotopic (exact) mass is 338 g/mol. The standard InChI is InChI=1S/C23H34N2/c1-7-11-21-15-20(14-13-19(21)9-3)18(6)25-22(12-8-2)17(5)16-24-23(25)10-4/h12-15,18H,5,7-11,16H2,1-4,6H3/b22-12-. The Balaban J connectivity index is 2.45. The van der Waals surface area contributed by atoms with E-state index in [1.165, 1.54) is 34.6 Å². The molecule has 0 aromatic heterocycles. The SMILES string of the molecule is C=C1CN=C(CC)N(C(C)c2ccc(CC)c(CCC)c2)/C1=C\CC. The van der Waals surface area contributed by atoms with E-state index in [1.54, 1.807) is 0 Å². The smallest absolute Gasteiger partial charge is 0.104 e. The average molecular weight is 339 g/mol. The third kappa shape index (κ3) is 4.23. The number of hydrogen-bond acceptors (Lipinski definition) is 2. The summed E-state index contributed by atoms with van der Waals surface area (Å²) in [5.74, 6) is 1.18. The van der Waals surface area contributed by atoms with E-state index >= 15 is 0 Å². The third-order valence-electron chi connectivity index (χ3n) is 5.07. The summed E-state index contributed by atoms with van der Waals surface area (Å²) in [6, 6.07) is 7.31. The van der Waals surface area contributed by atoms with Gasteiger partial charge in [0.1, 0.15) is 5.84 Å². The molecule has 0 spiro atoms. The van der Waals surface area contributed by atoms with Crippen LogP contribution in [0.1, 0.15) is 76.6 Å². The fourth-order valence-electron chi connectivity index (χ4n) is 3.71. The van der Waals surface area contributed by atoms with Crippen LogP contribution in [-0.4, -0.2) is 17.3 Å². The van der Waals surface area contributed by atoms with Gasteiger partial charge in [-0.05, 0) is 48.4 Å². The molecular formula is C23H34N2. The van der Waals surface area contributed by atoms with E-state index in [-0.39, 0.29) is 6.04 Å². The summed E-state index contributed by atoms with van der Waals surface area (Å²) >= 11 is 0. The highest BCUT2D eigenvalue weighted by Gasteiger charge is 2.27. The Labute approximate surface area is 154 Å². The van der Waals surface area contributed by atoms with Gasteiger partial charge in [0.05, 0.1) is 12.6 Å². The second-order valence-electron chi connectivity index (χ2n) is 6.86. The largest absolute Gasteiger partial charge is 0.323 e. The average Bonchev–Trinajstić information content (AvgIpc) is 2.63. The second-order valence-corrected chi connectivity index (χ2v) is 6.86. The molecule has 1 aliphatic rings. The van der Waals surface area contributed by atoms with E-state index in [0.717, 1.165) is 37.8 Å². The Morgan fingerprint density at radius 2 is 1.92 bits per heavy atom. The molecule has 1 atom stereocenters. The Kier molecular flexibility index (Phi) is 7.04. The van der Waals surface area contributed by atoms with Crippen molar-refractivity contribution in [1.29, 1.82) is 0 Å². The highest BCUT2D eigenvalue weighted by Crippen LogP contribution is 2.33. The summed E-state index contributed by atoms with van der Waals surface area (Å²) in [6.45, 7) is 16.2. The van der Waals surface area contributed by atoms with Crippen LogP contribution in [0.25, 0.3) is 0 Å². The maximum absolute atomic E-state index is 4.78. The molecule has 136 valence electrons. The van der Waals surface area contributed by atoms with E-state index in [4.69, 9.17) is 4.99 Å². The number of rotatable bonds is 7. The number of amidine groups is 1. The molecule has 25 heavy (non-hydrogen) atoms. The van der Waals surface area contributed by atoms with Gasteiger partial charge in [-0.1, -0.05) is 65.0 Å². The highest BCUT2D eigenvalue weighted by atomic mass is 15.2. The van der Waals surface area contributed by atoms with Crippen molar-refractivity contribution in [2.24, 2.45) is 4.99 Å². The van der Waals surface area contributed by atoms with Gasteiger partial charge in [0, 0.05) is 12.1 Å². The van der Waals surface area contributed by atoms with Crippen molar-refractivity contribution >= 4 is 5.84 Å². The van der Waals surface area contributed by atoms with E-state index in [9.17, 15) is 0 Å². The Bertz CT molecular complexity index is 667. The lowest BCUT2D eigenvalue weighted by molar-refractivity contribution is 0.398. The van der Waals surface area contributed by atoms with Crippen molar-refractivity contribution in [3.63, 3.8) is 0 Å². The van der Waals surface area contributed by atoms with E-state index in [1.807, 2.05) is 0 Å². The molecule has 1 unspecified atom stereocenters. The molecule has 0 fully saturated rings. The molecule has 2 rings (SSSR count). The van der Waals surface area contributed by atoms with Gasteiger partial charge in [0.2, 0.25) is 0 Å². The highest BCUT2D eigenvalue weighted by molar-refractivity contribution is 5.86. The number of allylic oxidation sites excluding steroid dienone is 1. The predicted octanol–water partition coefficient (Wildman–Crippen LogP) is 6.24. The van der Waals surface area contributed by atoms with Crippen LogP contribution in [0.5, 0.6) is 0 Å². The number of benzene rings is 1. The van der Waals surface area contributed by atoms with Crippen molar-refractivity contribution < 1.29 is 0 Å². The topological polar surface area (TPSA) is 15.6 Å². The summed E-state index contributed by atoms with van der Waals surface area (Å²) in [5.41, 5.74) is 6.75. The predicted molar refractivity (Wildman–Crippen MR) is 110 cm³/mol. The molecule has 1 aromatic rings. The van der Waals surface area contributed by atoms with Crippen molar-refractivity contribution in [2.75, 3.05) is 6.54 Å². The fraction of sp³-hybridized carbons (Fsp3) is 0.522. The van der Waals surface area contributed by atoms with Crippen molar-refractivity contribution in [1.82, 2.24) is 4.90 Å². The van der Waals surface area contributed by atoms with Crippen LogP contribution in [-0.2, 0) is 12.8 Å². The van der Waals surface area contributed by atoms with E-state index in [0.29, 0.717) is 0 Å². The molecule has 2 nitrogen and oxygen atoms in total. The minimum Gasteiger partial charge on any atom is -0.323 e. The lowest BCUT2D eigenvalue weighted by Gasteiger charge is -2.38. The molecule has 2 heteroatoms. The van der Waals surface area contributed by atoms with Crippen LogP contribution in [0.3, 0.4) is 0 Å². The molecule has 0 aliphatic carbocycles. The molecule has 1 heterocycles. The van der Waals surface area contributed by atoms with Gasteiger partial charge in [-0.3, -0.25) is 4.99 Å². The number of aryl methyl sites for hydroxylation is 2. The van der Waals surface area contributed by atoms with Crippen LogP contribution in [0, 0.1) is 0 Å². The van der Waals surface area contributed by atoms with Gasteiger partial charge in [0.25, 0.3) is 0 Å². The van der Waals surface area contributed by atoms with Gasteiger partial charge in [-0.15, -0.1) is 0 Å². The molecule has 1 aromatic carbocycles. The Morgan fingerprint density at radius 1 is 1.16 bits per heavy atom. The molecular weight excluding hydrogens is 304 g/mol. The zero-order valence-corrected chi connectivity index (χ0v) is 16.7. The van der Waals surface area contributed by atoms with Crippen LogP contribution >= 0.6 is 0 Å². The number of hydrogen-bond donors (Lipinski definition) is 0. The van der Waals surface area contributed by atoms with Crippen molar-refractivity contribution in [2.45, 2.75) is 72.8 Å². The van der Waals surface area contributed by atoms with Crippen LogP contribution < -0.4 is 0 Å². The maximum atomic E-state index is 4.78. The maximum Gasteiger partial charge on any atom is 0.104 e. The first-order valence-electron chi connectivity index (χ1n) is 9.89. The van der Waals surface area contributed by atoms with Gasteiger partial charge in [-0.25, -0.2) is 0 Å². The van der Waals surface area contributed by atoms with Gasteiger partial charge in [0.15, 0.2) is 0 Å². The lowest BCUT2D eigenvalue weighted by Crippen LogP contribution is -2.36. The summed E-state index contributed by atoms with van der Waals surface area (Å²) < 4.78 is 0. The summed E-state index contributed by atoms with van der Waals surface area (Å²) in [4.78, 5) is 7.19. The molecule has 1 aliphatic heterocycles. The zero-order valence-electron chi connectivity index (χ0n) is 16.7. The Hall–Kier alpha value is -1.83. The van der Waals surface area contributed by atoms with E-state index < -0.39 is 0 Å². The van der Waals surface area contributed by atoms with Crippen LogP contribution in [0.2, 0.25) is 0 Å². The fourth-order valence-corrected chi connectivity index (χ4v) is 3.71. The summed E-state index contributed by atoms with van der Waals surface area (Å²) in [6.07, 6.45) is 7.72. The van der Waals surface area contributed by atoms with Gasteiger partial charge in [-0.2, -0.15) is 0 Å². The third-order valence-corrected chi connectivity index (χ3v) is 5.07. The normalized spacial score (nSPS) is 17.8. The van der Waals surface area contributed by atoms with Crippen LogP contribution in [0.4, 0.5) is 0 Å². The summed E-state index contributed by atoms with van der Waals surface area (Å²) in [5, 5.41) is 0. The van der Waals surface area contributed by atoms with Gasteiger partial charge < -0.3 is 4.90 Å². The lowest BCUT2D eigenvalue weighted by atomic mass is 9.94. The molecule has 0 saturated heterocycles. The minimum absolute atomic E-state index is 0.273. The quantitative estimate of drug-likeness (QED) is 0.575. The Morgan fingerprint density at radius 3 is 2.52 bits per heavy atom. The number of nitrogens with zero attached hydrogens (tertiary/aromatic N) is 2. The molecule has 0 saturated carbocycles. The van der Waals surface area contributed by atoms with Gasteiger partial charge >= 0.3 is 0 Å². The zero-order chi connectivity index (χ0) is 18.4. The first kappa shape index (κ1) is 19.5. The van der Waals surface area contributed by atoms with Crippen molar-refractivity contribution in [3.8, 4) is 0 Å². The first-order chi connectivity index (χ1) is 12.1. The molecule has 0 N–H and O–H groups in total. The second kappa shape index (κ2) is 9.03.